The highest BCUT2D eigenvalue weighted by atomic mass is 35.5. The Morgan fingerprint density at radius 3 is 2.50 bits per heavy atom. The molecule has 1 aromatic heterocycles. The van der Waals surface area contributed by atoms with Crippen LogP contribution in [0.4, 0.5) is 0 Å². The Morgan fingerprint density at radius 2 is 1.94 bits per heavy atom. The van der Waals surface area contributed by atoms with Crippen LogP contribution in [0.25, 0.3) is 11.4 Å². The zero-order valence-electron chi connectivity index (χ0n) is 10.7. The lowest BCUT2D eigenvalue weighted by molar-refractivity contribution is 0.297. The van der Waals surface area contributed by atoms with E-state index >= 15 is 0 Å². The van der Waals surface area contributed by atoms with Gasteiger partial charge in [0.15, 0.2) is 5.15 Å². The summed E-state index contributed by atoms with van der Waals surface area (Å²) in [7, 11) is 1.92. The summed E-state index contributed by atoms with van der Waals surface area (Å²) in [6.07, 6.45) is 1.55. The number of aryl methyl sites for hydroxylation is 1. The van der Waals surface area contributed by atoms with Crippen molar-refractivity contribution in [3.63, 3.8) is 0 Å². The van der Waals surface area contributed by atoms with E-state index in [4.69, 9.17) is 16.7 Å². The third kappa shape index (κ3) is 2.42. The summed E-state index contributed by atoms with van der Waals surface area (Å²) in [5.74, 6) is 0.839. The molecule has 3 nitrogen and oxygen atoms in total. The molecule has 1 N–H and O–H groups in total. The lowest BCUT2D eigenvalue weighted by Gasteiger charge is -2.05. The molecule has 2 aromatic rings. The van der Waals surface area contributed by atoms with Crippen molar-refractivity contribution in [2.24, 2.45) is 7.05 Å². The number of halogens is 1. The molecule has 0 atom stereocenters. The standard InChI is InChI=1S/C14H17ClN2O/c1-3-10-4-6-11(7-5-10)14-16-13(15)12(8-9-18)17(14)2/h4-7,18H,3,8-9H2,1-2H3. The smallest absolute Gasteiger partial charge is 0.151 e. The molecule has 0 amide bonds. The van der Waals surface area contributed by atoms with Gasteiger partial charge in [-0.3, -0.25) is 0 Å². The van der Waals surface area contributed by atoms with Gasteiger partial charge in [0.25, 0.3) is 0 Å². The second-order valence-corrected chi connectivity index (χ2v) is 4.61. The third-order valence-electron chi connectivity index (χ3n) is 3.13. The first-order chi connectivity index (χ1) is 8.67. The second kappa shape index (κ2) is 5.55. The number of imidazole rings is 1. The van der Waals surface area contributed by atoms with Crippen molar-refractivity contribution in [2.45, 2.75) is 19.8 Å². The number of rotatable bonds is 4. The van der Waals surface area contributed by atoms with Gasteiger partial charge in [-0.05, 0) is 12.0 Å². The van der Waals surface area contributed by atoms with E-state index in [2.05, 4.69) is 36.2 Å². The van der Waals surface area contributed by atoms with Crippen LogP contribution in [-0.4, -0.2) is 21.3 Å². The van der Waals surface area contributed by atoms with Gasteiger partial charge in [0.2, 0.25) is 0 Å². The van der Waals surface area contributed by atoms with Gasteiger partial charge in [-0.15, -0.1) is 0 Å². The van der Waals surface area contributed by atoms with Gasteiger partial charge in [0.1, 0.15) is 5.82 Å². The molecule has 0 bridgehead atoms. The maximum absolute atomic E-state index is 9.02. The molecule has 18 heavy (non-hydrogen) atoms. The first-order valence-electron chi connectivity index (χ1n) is 6.08. The van der Waals surface area contributed by atoms with Crippen LogP contribution in [0.1, 0.15) is 18.2 Å². The normalized spacial score (nSPS) is 10.9. The maximum atomic E-state index is 9.02. The molecule has 1 aromatic carbocycles. The minimum absolute atomic E-state index is 0.0769. The number of nitrogens with zero attached hydrogens (tertiary/aromatic N) is 2. The van der Waals surface area contributed by atoms with E-state index in [9.17, 15) is 0 Å². The average Bonchev–Trinajstić information content (AvgIpc) is 2.67. The lowest BCUT2D eigenvalue weighted by atomic mass is 10.1. The molecular weight excluding hydrogens is 248 g/mol. The number of hydrogen-bond acceptors (Lipinski definition) is 2. The largest absolute Gasteiger partial charge is 0.396 e. The van der Waals surface area contributed by atoms with Crippen molar-refractivity contribution in [1.82, 2.24) is 9.55 Å². The van der Waals surface area contributed by atoms with E-state index in [-0.39, 0.29) is 6.61 Å². The number of aliphatic hydroxyl groups excluding tert-OH is 1. The molecule has 2 rings (SSSR count). The number of aromatic nitrogens is 2. The molecule has 0 saturated carbocycles. The molecule has 0 aliphatic heterocycles. The maximum Gasteiger partial charge on any atom is 0.151 e. The lowest BCUT2D eigenvalue weighted by Crippen LogP contribution is -2.01. The highest BCUT2D eigenvalue weighted by Gasteiger charge is 2.13. The van der Waals surface area contributed by atoms with E-state index in [0.29, 0.717) is 11.6 Å². The molecule has 0 aliphatic carbocycles. The molecule has 0 aliphatic rings. The predicted molar refractivity (Wildman–Crippen MR) is 73.8 cm³/mol. The zero-order valence-corrected chi connectivity index (χ0v) is 11.4. The number of hydrogen-bond donors (Lipinski definition) is 1. The van der Waals surface area contributed by atoms with Crippen LogP contribution in [0.3, 0.4) is 0 Å². The summed E-state index contributed by atoms with van der Waals surface area (Å²) in [5.41, 5.74) is 3.21. The fraction of sp³-hybridized carbons (Fsp3) is 0.357. The van der Waals surface area contributed by atoms with Crippen molar-refractivity contribution >= 4 is 11.6 Å². The molecule has 0 spiro atoms. The van der Waals surface area contributed by atoms with Gasteiger partial charge in [0, 0.05) is 25.6 Å². The van der Waals surface area contributed by atoms with Gasteiger partial charge in [-0.2, -0.15) is 0 Å². The van der Waals surface area contributed by atoms with E-state index in [0.717, 1.165) is 23.5 Å². The van der Waals surface area contributed by atoms with Crippen LogP contribution in [-0.2, 0) is 19.9 Å². The van der Waals surface area contributed by atoms with Crippen LogP contribution in [0, 0.1) is 0 Å². The highest BCUT2D eigenvalue weighted by Crippen LogP contribution is 2.25. The Kier molecular flexibility index (Phi) is 4.04. The topological polar surface area (TPSA) is 38.1 Å². The molecule has 0 radical (unpaired) electrons. The predicted octanol–water partition coefficient (Wildman–Crippen LogP) is 2.84. The minimum atomic E-state index is 0.0769. The average molecular weight is 265 g/mol. The molecule has 0 unspecified atom stereocenters. The molecule has 1 heterocycles. The van der Waals surface area contributed by atoms with Gasteiger partial charge in [-0.1, -0.05) is 42.8 Å². The fourth-order valence-corrected chi connectivity index (χ4v) is 2.32. The van der Waals surface area contributed by atoms with Crippen molar-refractivity contribution in [3.8, 4) is 11.4 Å². The Bertz CT molecular complexity index is 531. The summed E-state index contributed by atoms with van der Waals surface area (Å²) in [6.45, 7) is 2.21. The van der Waals surface area contributed by atoms with Crippen molar-refractivity contribution < 1.29 is 5.11 Å². The Balaban J connectivity index is 2.40. The summed E-state index contributed by atoms with van der Waals surface area (Å²) < 4.78 is 1.94. The third-order valence-corrected chi connectivity index (χ3v) is 3.44. The molecule has 0 saturated heterocycles. The summed E-state index contributed by atoms with van der Waals surface area (Å²) in [5, 5.41) is 9.49. The minimum Gasteiger partial charge on any atom is -0.396 e. The Hall–Kier alpha value is -1.32. The quantitative estimate of drug-likeness (QED) is 0.922. The summed E-state index contributed by atoms with van der Waals surface area (Å²) in [6, 6.07) is 8.31. The van der Waals surface area contributed by atoms with Gasteiger partial charge < -0.3 is 9.67 Å². The van der Waals surface area contributed by atoms with Crippen LogP contribution in [0.15, 0.2) is 24.3 Å². The van der Waals surface area contributed by atoms with Crippen LogP contribution in [0.2, 0.25) is 5.15 Å². The first kappa shape index (κ1) is 13.1. The van der Waals surface area contributed by atoms with Crippen LogP contribution >= 0.6 is 11.6 Å². The molecule has 96 valence electrons. The first-order valence-corrected chi connectivity index (χ1v) is 6.46. The molecular formula is C14H17ClN2O. The van der Waals surface area contributed by atoms with Gasteiger partial charge in [0.05, 0.1) is 5.69 Å². The van der Waals surface area contributed by atoms with Crippen molar-refractivity contribution in [1.29, 1.82) is 0 Å². The Labute approximate surface area is 112 Å². The van der Waals surface area contributed by atoms with E-state index in [1.807, 2.05) is 11.6 Å². The van der Waals surface area contributed by atoms with E-state index in [1.54, 1.807) is 0 Å². The van der Waals surface area contributed by atoms with E-state index < -0.39 is 0 Å². The van der Waals surface area contributed by atoms with Gasteiger partial charge in [-0.25, -0.2) is 4.98 Å². The van der Waals surface area contributed by atoms with Crippen molar-refractivity contribution in [3.05, 3.63) is 40.7 Å². The fourth-order valence-electron chi connectivity index (χ4n) is 2.02. The molecule has 0 fully saturated rings. The van der Waals surface area contributed by atoms with E-state index in [1.165, 1.54) is 5.56 Å². The zero-order chi connectivity index (χ0) is 13.1. The van der Waals surface area contributed by atoms with Crippen molar-refractivity contribution in [2.75, 3.05) is 6.61 Å². The van der Waals surface area contributed by atoms with Crippen LogP contribution in [0.5, 0.6) is 0 Å². The number of benzene rings is 1. The Morgan fingerprint density at radius 1 is 1.28 bits per heavy atom. The molecule has 4 heteroatoms. The SMILES string of the molecule is CCc1ccc(-c2nc(Cl)c(CCO)n2C)cc1. The summed E-state index contributed by atoms with van der Waals surface area (Å²) in [4.78, 5) is 4.37. The monoisotopic (exact) mass is 264 g/mol. The summed E-state index contributed by atoms with van der Waals surface area (Å²) >= 11 is 6.09. The van der Waals surface area contributed by atoms with Crippen LogP contribution < -0.4 is 0 Å². The second-order valence-electron chi connectivity index (χ2n) is 4.26. The highest BCUT2D eigenvalue weighted by molar-refractivity contribution is 6.30. The number of aliphatic hydroxyl groups is 1. The van der Waals surface area contributed by atoms with Gasteiger partial charge >= 0.3 is 0 Å².